The Kier molecular flexibility index (Phi) is 8.95. The lowest BCUT2D eigenvalue weighted by atomic mass is 9.34. The molecular weight excluding hydrogens is 629 g/mol. The average Bonchev–Trinajstić information content (AvgIpc) is 3.89. The number of likely N-dealkylation sites (tertiary alicyclic amines) is 1. The second kappa shape index (κ2) is 13.1. The molecule has 2 heterocycles. The Bertz CT molecular complexity index is 1540. The van der Waals surface area contributed by atoms with E-state index in [-0.39, 0.29) is 11.9 Å². The molecule has 6 aliphatic carbocycles. The molecule has 278 valence electrons. The first kappa shape index (κ1) is 34.8. The number of hydrogen-bond acceptors (Lipinski definition) is 5. The molecule has 2 aliphatic heterocycles. The summed E-state index contributed by atoms with van der Waals surface area (Å²) >= 11 is 0. The van der Waals surface area contributed by atoms with Gasteiger partial charge in [-0.05, 0) is 146 Å². The van der Waals surface area contributed by atoms with Crippen molar-refractivity contribution in [3.05, 3.63) is 59.2 Å². The summed E-state index contributed by atoms with van der Waals surface area (Å²) in [6.45, 7) is 15.7. The van der Waals surface area contributed by atoms with Crippen LogP contribution in [0.1, 0.15) is 123 Å². The summed E-state index contributed by atoms with van der Waals surface area (Å²) in [6, 6.07) is 10.7. The van der Waals surface area contributed by atoms with Crippen LogP contribution >= 0.6 is 0 Å². The molecule has 8 aliphatic rings. The molecule has 9 rings (SSSR count). The first-order valence-corrected chi connectivity index (χ1v) is 21.3. The van der Waals surface area contributed by atoms with E-state index in [0.29, 0.717) is 46.5 Å². The van der Waals surface area contributed by atoms with Gasteiger partial charge in [0.15, 0.2) is 0 Å². The molecule has 0 aromatic heterocycles. The maximum atomic E-state index is 13.0. The van der Waals surface area contributed by atoms with Crippen molar-refractivity contribution in [2.75, 3.05) is 26.2 Å². The molecule has 5 heteroatoms. The van der Waals surface area contributed by atoms with Crippen LogP contribution in [0.25, 0.3) is 0 Å². The maximum Gasteiger partial charge on any atom is 0.309 e. The Labute approximate surface area is 308 Å². The minimum absolute atomic E-state index is 0.00638. The van der Waals surface area contributed by atoms with Gasteiger partial charge < -0.3 is 14.8 Å². The number of carbonyl (C=O) groups is 1. The van der Waals surface area contributed by atoms with Gasteiger partial charge in [-0.2, -0.15) is 0 Å². The van der Waals surface area contributed by atoms with Gasteiger partial charge in [0, 0.05) is 31.2 Å². The molecule has 6 fully saturated rings. The van der Waals surface area contributed by atoms with Gasteiger partial charge in [-0.1, -0.05) is 76.6 Å². The first-order valence-electron chi connectivity index (χ1n) is 21.3. The molecular formula is C46H66N2O3. The molecule has 10 unspecified atom stereocenters. The lowest BCUT2D eigenvalue weighted by molar-refractivity contribution is -0.212. The molecule has 51 heavy (non-hydrogen) atoms. The van der Waals surface area contributed by atoms with Gasteiger partial charge >= 0.3 is 5.97 Å². The van der Waals surface area contributed by atoms with E-state index in [1.165, 1.54) is 82.7 Å². The number of benzene rings is 1. The predicted octanol–water partition coefficient (Wildman–Crippen LogP) is 9.27. The van der Waals surface area contributed by atoms with Gasteiger partial charge in [-0.3, -0.25) is 9.69 Å². The number of fused-ring (bicyclic) bond motifs is 9. The van der Waals surface area contributed by atoms with Gasteiger partial charge in [-0.25, -0.2) is 0 Å². The molecule has 2 bridgehead atoms. The van der Waals surface area contributed by atoms with Crippen LogP contribution in [0.15, 0.2) is 53.6 Å². The van der Waals surface area contributed by atoms with E-state index in [2.05, 4.69) is 50.1 Å². The van der Waals surface area contributed by atoms with E-state index in [9.17, 15) is 4.79 Å². The first-order chi connectivity index (χ1) is 24.6. The lowest BCUT2D eigenvalue weighted by Crippen LogP contribution is -2.67. The van der Waals surface area contributed by atoms with E-state index in [1.54, 1.807) is 5.57 Å². The Morgan fingerprint density at radius 3 is 2.57 bits per heavy atom. The number of rotatable bonds is 8. The molecule has 0 radical (unpaired) electrons. The summed E-state index contributed by atoms with van der Waals surface area (Å²) in [5.74, 6) is 3.85. The molecule has 0 spiro atoms. The quantitative estimate of drug-likeness (QED) is 0.275. The zero-order valence-corrected chi connectivity index (χ0v) is 32.3. The number of morpholine rings is 1. The van der Waals surface area contributed by atoms with Crippen LogP contribution in [0, 0.1) is 51.8 Å². The van der Waals surface area contributed by atoms with Gasteiger partial charge in [0.05, 0.1) is 18.6 Å². The molecule has 1 aromatic carbocycles. The van der Waals surface area contributed by atoms with E-state index in [0.717, 1.165) is 68.2 Å². The Morgan fingerprint density at radius 1 is 0.941 bits per heavy atom. The molecule has 12 atom stereocenters. The fourth-order valence-corrected chi connectivity index (χ4v) is 14.9. The fraction of sp³-hybridized carbons (Fsp3) is 0.761. The Hall–Kier alpha value is -1.95. The molecule has 0 amide bonds. The number of ether oxygens (including phenoxy) is 2. The smallest absolute Gasteiger partial charge is 0.309 e. The van der Waals surface area contributed by atoms with Crippen LogP contribution in [0.5, 0.6) is 0 Å². The maximum absolute atomic E-state index is 13.0. The van der Waals surface area contributed by atoms with E-state index in [1.807, 2.05) is 30.3 Å². The van der Waals surface area contributed by atoms with Crippen LogP contribution in [0.2, 0.25) is 0 Å². The number of esters is 1. The highest BCUT2D eigenvalue weighted by atomic mass is 16.5. The summed E-state index contributed by atoms with van der Waals surface area (Å²) in [4.78, 5) is 15.7. The predicted molar refractivity (Wildman–Crippen MR) is 204 cm³/mol. The van der Waals surface area contributed by atoms with Crippen molar-refractivity contribution < 1.29 is 14.3 Å². The van der Waals surface area contributed by atoms with E-state index < -0.39 is 0 Å². The highest BCUT2D eigenvalue weighted by Gasteiger charge is 2.68. The summed E-state index contributed by atoms with van der Waals surface area (Å²) in [5.41, 5.74) is 5.84. The third-order valence-corrected chi connectivity index (χ3v) is 17.8. The van der Waals surface area contributed by atoms with Crippen molar-refractivity contribution in [1.29, 1.82) is 0 Å². The summed E-state index contributed by atoms with van der Waals surface area (Å²) in [5, 5.41) is 4.31. The number of carbonyl (C=O) groups excluding carboxylic acids is 1. The third-order valence-electron chi connectivity index (χ3n) is 17.8. The topological polar surface area (TPSA) is 50.8 Å². The number of nitrogens with one attached hydrogen (secondary N) is 1. The number of allylic oxidation sites excluding steroid dienone is 4. The van der Waals surface area contributed by atoms with E-state index >= 15 is 0 Å². The van der Waals surface area contributed by atoms with Crippen LogP contribution in [0.4, 0.5) is 0 Å². The summed E-state index contributed by atoms with van der Waals surface area (Å²) in [7, 11) is 0. The molecule has 1 N–H and O–H groups in total. The van der Waals surface area contributed by atoms with Gasteiger partial charge in [-0.15, -0.1) is 0 Å². The second-order valence-electron chi connectivity index (χ2n) is 19.6. The highest BCUT2D eigenvalue weighted by Crippen LogP contribution is 2.75. The van der Waals surface area contributed by atoms with Gasteiger partial charge in [0.1, 0.15) is 6.61 Å². The van der Waals surface area contributed by atoms with Crippen molar-refractivity contribution in [2.45, 2.75) is 142 Å². The third kappa shape index (κ3) is 5.59. The molecule has 5 nitrogen and oxygen atoms in total. The Balaban J connectivity index is 0.866. The molecule has 4 saturated carbocycles. The zero-order valence-electron chi connectivity index (χ0n) is 32.3. The van der Waals surface area contributed by atoms with Crippen molar-refractivity contribution >= 4 is 5.97 Å². The molecule has 1 aromatic rings. The number of nitrogens with zero attached hydrogens (tertiary/aromatic N) is 1. The SMILES string of the molecule is CC1C(C2=CCC(C(=O)OCc3ccccc3)CC2)=CCC2(C)C1CCC1(C)C2CCC2[C@H]3CCCC3(NCCN3CC4CC3CO4)CC[C@]21C. The van der Waals surface area contributed by atoms with Crippen molar-refractivity contribution in [3.8, 4) is 0 Å². The minimum atomic E-state index is -0.0272. The largest absolute Gasteiger partial charge is 0.461 e. The number of hydrogen-bond donors (Lipinski definition) is 1. The van der Waals surface area contributed by atoms with Crippen LogP contribution in [-0.2, 0) is 20.9 Å². The Morgan fingerprint density at radius 2 is 1.80 bits per heavy atom. The van der Waals surface area contributed by atoms with Gasteiger partial charge in [0.2, 0.25) is 0 Å². The zero-order chi connectivity index (χ0) is 35.0. The summed E-state index contributed by atoms with van der Waals surface area (Å²) < 4.78 is 11.6. The fourth-order valence-electron chi connectivity index (χ4n) is 14.9. The van der Waals surface area contributed by atoms with Crippen LogP contribution in [-0.4, -0.2) is 54.8 Å². The van der Waals surface area contributed by atoms with Crippen LogP contribution < -0.4 is 5.32 Å². The normalized spacial score (nSPS) is 46.0. The van der Waals surface area contributed by atoms with Gasteiger partial charge in [0.25, 0.3) is 0 Å². The van der Waals surface area contributed by atoms with Crippen molar-refractivity contribution in [2.24, 2.45) is 51.8 Å². The van der Waals surface area contributed by atoms with Crippen LogP contribution in [0.3, 0.4) is 0 Å². The second-order valence-corrected chi connectivity index (χ2v) is 19.6. The van der Waals surface area contributed by atoms with Crippen molar-refractivity contribution in [3.63, 3.8) is 0 Å². The average molecular weight is 695 g/mol. The monoisotopic (exact) mass is 695 g/mol. The molecule has 2 saturated heterocycles. The van der Waals surface area contributed by atoms with Crippen molar-refractivity contribution in [1.82, 2.24) is 10.2 Å². The highest BCUT2D eigenvalue weighted by molar-refractivity contribution is 5.73. The minimum Gasteiger partial charge on any atom is -0.461 e. The standard InChI is InChI=1S/C46H66N2O3/c1-31-37(33-12-14-34(15-13-33)42(49)51-29-32-9-6-5-7-10-32)18-21-43(2)38(31)19-22-45(4)41(43)17-16-39-40-11-8-20-46(40,24-23-44(39,45)3)47-25-26-48-28-36-27-35(48)30-50-36/h5-7,9-10,12,18,31,34-36,38-41,47H,8,11,13-17,19-30H2,1-4H3/t31?,34?,35?,36?,38?,39?,40-,41?,43?,44-,45?,46?/m1/s1. The lowest BCUT2D eigenvalue weighted by Gasteiger charge is -2.71. The van der Waals surface area contributed by atoms with E-state index in [4.69, 9.17) is 9.47 Å². The summed E-state index contributed by atoms with van der Waals surface area (Å²) in [6.07, 6.45) is 23.6.